The predicted molar refractivity (Wildman–Crippen MR) is 68.4 cm³/mol. The summed E-state index contributed by atoms with van der Waals surface area (Å²) in [4.78, 5) is 0. The predicted octanol–water partition coefficient (Wildman–Crippen LogP) is 4.55. The molecule has 0 heteroatoms. The summed E-state index contributed by atoms with van der Waals surface area (Å²) in [6.07, 6.45) is 4.23. The summed E-state index contributed by atoms with van der Waals surface area (Å²) in [5, 5.41) is 0. The highest BCUT2D eigenvalue weighted by Crippen LogP contribution is 2.32. The summed E-state index contributed by atoms with van der Waals surface area (Å²) >= 11 is 0. The van der Waals surface area contributed by atoms with Crippen LogP contribution in [0.3, 0.4) is 0 Å². The minimum absolute atomic E-state index is 0.249. The first kappa shape index (κ1) is 12.0. The monoisotopic (exact) mass is 202 g/mol. The molecule has 1 rings (SSSR count). The van der Waals surface area contributed by atoms with Crippen LogP contribution in [0, 0.1) is 13.8 Å². The van der Waals surface area contributed by atoms with E-state index < -0.39 is 0 Å². The van der Waals surface area contributed by atoms with Crippen molar-refractivity contribution >= 4 is 0 Å². The van der Waals surface area contributed by atoms with Gasteiger partial charge in [0.2, 0.25) is 0 Å². The Labute approximate surface area is 94.0 Å². The molecule has 0 spiro atoms. The van der Waals surface area contributed by atoms with Crippen LogP contribution in [-0.4, -0.2) is 0 Å². The van der Waals surface area contributed by atoms with Gasteiger partial charge < -0.3 is 0 Å². The zero-order chi connectivity index (χ0) is 11.5. The molecule has 0 aliphatic carbocycles. The van der Waals surface area contributed by atoms with Gasteiger partial charge in [0.15, 0.2) is 0 Å². The third kappa shape index (κ3) is 2.71. The zero-order valence-electron chi connectivity index (χ0n) is 10.4. The fourth-order valence-corrected chi connectivity index (χ4v) is 2.11. The summed E-state index contributed by atoms with van der Waals surface area (Å²) in [6.45, 7) is 12.8. The molecule has 0 heterocycles. The fraction of sp³-hybridized carbons (Fsp3) is 0.467. The fourth-order valence-electron chi connectivity index (χ4n) is 2.11. The first-order valence-electron chi connectivity index (χ1n) is 5.71. The highest BCUT2D eigenvalue weighted by molar-refractivity contribution is 5.34. The standard InChI is InChI=1S/C15H22/c1-6-8-15(5,7-2)14-10-12(3)9-13(4)11-14/h6,9-11H,1,7-8H2,2-5H3. The van der Waals surface area contributed by atoms with E-state index in [1.807, 2.05) is 6.08 Å². The SMILES string of the molecule is C=CCC(C)(CC)c1cc(C)cc(C)c1. The second-order valence-electron chi connectivity index (χ2n) is 4.78. The molecule has 0 saturated carbocycles. The van der Waals surface area contributed by atoms with Crippen LogP contribution in [0.1, 0.15) is 43.4 Å². The molecule has 0 aliphatic rings. The molecule has 1 atom stereocenters. The molecular formula is C15H22. The van der Waals surface area contributed by atoms with Crippen molar-refractivity contribution in [2.75, 3.05) is 0 Å². The Bertz CT molecular complexity index is 329. The van der Waals surface area contributed by atoms with E-state index in [-0.39, 0.29) is 5.41 Å². The molecule has 0 nitrogen and oxygen atoms in total. The molecular weight excluding hydrogens is 180 g/mol. The Balaban J connectivity index is 3.16. The third-order valence-electron chi connectivity index (χ3n) is 3.29. The van der Waals surface area contributed by atoms with Gasteiger partial charge >= 0.3 is 0 Å². The molecule has 1 unspecified atom stereocenters. The van der Waals surface area contributed by atoms with Crippen molar-refractivity contribution in [1.82, 2.24) is 0 Å². The second kappa shape index (κ2) is 4.65. The number of rotatable bonds is 4. The van der Waals surface area contributed by atoms with E-state index in [9.17, 15) is 0 Å². The van der Waals surface area contributed by atoms with Gasteiger partial charge in [-0.2, -0.15) is 0 Å². The lowest BCUT2D eigenvalue weighted by atomic mass is 9.76. The molecule has 0 aromatic heterocycles. The summed E-state index contributed by atoms with van der Waals surface area (Å²) < 4.78 is 0. The molecule has 15 heavy (non-hydrogen) atoms. The number of hydrogen-bond donors (Lipinski definition) is 0. The maximum Gasteiger partial charge on any atom is -0.00433 e. The Kier molecular flexibility index (Phi) is 3.73. The summed E-state index contributed by atoms with van der Waals surface area (Å²) in [5.74, 6) is 0. The van der Waals surface area contributed by atoms with Gasteiger partial charge in [0, 0.05) is 0 Å². The number of aryl methyl sites for hydroxylation is 2. The van der Waals surface area contributed by atoms with Crippen molar-refractivity contribution in [3.8, 4) is 0 Å². The third-order valence-corrected chi connectivity index (χ3v) is 3.29. The molecule has 1 aromatic carbocycles. The van der Waals surface area contributed by atoms with Crippen LogP contribution in [-0.2, 0) is 5.41 Å². The van der Waals surface area contributed by atoms with E-state index in [2.05, 4.69) is 52.5 Å². The summed E-state index contributed by atoms with van der Waals surface area (Å²) in [5.41, 5.74) is 4.41. The van der Waals surface area contributed by atoms with Gasteiger partial charge in [0.1, 0.15) is 0 Å². The topological polar surface area (TPSA) is 0 Å². The smallest absolute Gasteiger partial charge is 0.00433 e. The average molecular weight is 202 g/mol. The number of benzene rings is 1. The molecule has 0 radical (unpaired) electrons. The number of hydrogen-bond acceptors (Lipinski definition) is 0. The van der Waals surface area contributed by atoms with Crippen molar-refractivity contribution in [3.05, 3.63) is 47.5 Å². The van der Waals surface area contributed by atoms with Gasteiger partial charge in [-0.3, -0.25) is 0 Å². The van der Waals surface area contributed by atoms with E-state index in [1.165, 1.54) is 16.7 Å². The molecule has 0 fully saturated rings. The second-order valence-corrected chi connectivity index (χ2v) is 4.78. The van der Waals surface area contributed by atoms with Crippen LogP contribution in [0.4, 0.5) is 0 Å². The number of allylic oxidation sites excluding steroid dienone is 1. The molecule has 82 valence electrons. The Morgan fingerprint density at radius 2 is 1.73 bits per heavy atom. The molecule has 0 N–H and O–H groups in total. The summed E-state index contributed by atoms with van der Waals surface area (Å²) in [6, 6.07) is 6.84. The van der Waals surface area contributed by atoms with E-state index in [1.54, 1.807) is 0 Å². The van der Waals surface area contributed by atoms with Crippen LogP contribution in [0.25, 0.3) is 0 Å². The van der Waals surface area contributed by atoms with E-state index in [4.69, 9.17) is 0 Å². The van der Waals surface area contributed by atoms with Gasteiger partial charge in [-0.25, -0.2) is 0 Å². The van der Waals surface area contributed by atoms with Crippen molar-refractivity contribution in [3.63, 3.8) is 0 Å². The lowest BCUT2D eigenvalue weighted by Gasteiger charge is -2.28. The maximum atomic E-state index is 3.86. The Morgan fingerprint density at radius 1 is 1.20 bits per heavy atom. The molecule has 0 amide bonds. The van der Waals surface area contributed by atoms with Crippen LogP contribution in [0.15, 0.2) is 30.9 Å². The van der Waals surface area contributed by atoms with Crippen LogP contribution in [0.2, 0.25) is 0 Å². The lowest BCUT2D eigenvalue weighted by molar-refractivity contribution is 0.461. The van der Waals surface area contributed by atoms with E-state index in [0.717, 1.165) is 12.8 Å². The lowest BCUT2D eigenvalue weighted by Crippen LogP contribution is -2.20. The highest BCUT2D eigenvalue weighted by Gasteiger charge is 2.23. The first-order valence-corrected chi connectivity index (χ1v) is 5.71. The molecule has 1 aromatic rings. The highest BCUT2D eigenvalue weighted by atomic mass is 14.3. The zero-order valence-corrected chi connectivity index (χ0v) is 10.4. The van der Waals surface area contributed by atoms with Crippen molar-refractivity contribution in [2.45, 2.75) is 46.0 Å². The maximum absolute atomic E-state index is 3.86. The molecule has 0 saturated heterocycles. The average Bonchev–Trinajstić information content (AvgIpc) is 2.16. The van der Waals surface area contributed by atoms with E-state index in [0.29, 0.717) is 0 Å². The Hall–Kier alpha value is -1.04. The van der Waals surface area contributed by atoms with E-state index >= 15 is 0 Å². The van der Waals surface area contributed by atoms with Crippen LogP contribution in [0.5, 0.6) is 0 Å². The van der Waals surface area contributed by atoms with Gasteiger partial charge in [-0.05, 0) is 37.7 Å². The van der Waals surface area contributed by atoms with Crippen molar-refractivity contribution < 1.29 is 0 Å². The van der Waals surface area contributed by atoms with Gasteiger partial charge in [-0.15, -0.1) is 6.58 Å². The molecule has 0 aliphatic heterocycles. The molecule has 0 bridgehead atoms. The first-order chi connectivity index (χ1) is 7.01. The van der Waals surface area contributed by atoms with Crippen LogP contribution >= 0.6 is 0 Å². The van der Waals surface area contributed by atoms with Crippen LogP contribution < -0.4 is 0 Å². The van der Waals surface area contributed by atoms with Crippen molar-refractivity contribution in [1.29, 1.82) is 0 Å². The summed E-state index contributed by atoms with van der Waals surface area (Å²) in [7, 11) is 0. The van der Waals surface area contributed by atoms with Crippen molar-refractivity contribution in [2.24, 2.45) is 0 Å². The van der Waals surface area contributed by atoms with Gasteiger partial charge in [0.05, 0.1) is 0 Å². The van der Waals surface area contributed by atoms with Gasteiger partial charge in [0.25, 0.3) is 0 Å². The Morgan fingerprint density at radius 3 is 2.13 bits per heavy atom. The largest absolute Gasteiger partial charge is 0.103 e. The minimum atomic E-state index is 0.249. The minimum Gasteiger partial charge on any atom is -0.103 e. The quantitative estimate of drug-likeness (QED) is 0.628. The normalized spacial score (nSPS) is 14.7. The van der Waals surface area contributed by atoms with Gasteiger partial charge in [-0.1, -0.05) is 49.2 Å².